The minimum absolute atomic E-state index is 0.385. The Bertz CT molecular complexity index is 627. The van der Waals surface area contributed by atoms with Gasteiger partial charge in [-0.1, -0.05) is 5.16 Å². The maximum atomic E-state index is 11.1. The topological polar surface area (TPSA) is 79.5 Å². The molecule has 0 saturated carbocycles. The van der Waals surface area contributed by atoms with E-state index in [1.165, 1.54) is 11.3 Å². The standard InChI is InChI=1S/C12H12BrN3O3S/c13-7-4-9(20-6-7)11-14-10(19-15-11)5-16-3-1-2-8(16)12(17)18/h4,6,8H,1-3,5H2,(H,17,18)/t8-/m0/s1. The largest absolute Gasteiger partial charge is 0.480 e. The van der Waals surface area contributed by atoms with Gasteiger partial charge in [0.15, 0.2) is 0 Å². The summed E-state index contributed by atoms with van der Waals surface area (Å²) in [6.07, 6.45) is 1.56. The molecule has 0 radical (unpaired) electrons. The molecule has 3 rings (SSSR count). The van der Waals surface area contributed by atoms with Gasteiger partial charge in [0.05, 0.1) is 11.4 Å². The lowest BCUT2D eigenvalue weighted by Gasteiger charge is -2.18. The van der Waals surface area contributed by atoms with Crippen LogP contribution in [0.3, 0.4) is 0 Å². The van der Waals surface area contributed by atoms with Crippen molar-refractivity contribution in [2.24, 2.45) is 0 Å². The monoisotopic (exact) mass is 357 g/mol. The summed E-state index contributed by atoms with van der Waals surface area (Å²) >= 11 is 4.91. The lowest BCUT2D eigenvalue weighted by atomic mass is 10.2. The Hall–Kier alpha value is -1.25. The first-order chi connectivity index (χ1) is 9.63. The molecule has 0 aromatic carbocycles. The quantitative estimate of drug-likeness (QED) is 0.905. The molecule has 0 bridgehead atoms. The normalized spacial score (nSPS) is 19.6. The Morgan fingerprint density at radius 1 is 1.65 bits per heavy atom. The van der Waals surface area contributed by atoms with Crippen molar-refractivity contribution < 1.29 is 14.4 Å². The number of nitrogens with zero attached hydrogens (tertiary/aromatic N) is 3. The Kier molecular flexibility index (Phi) is 3.86. The van der Waals surface area contributed by atoms with Crippen molar-refractivity contribution in [2.75, 3.05) is 6.54 Å². The number of aliphatic carboxylic acids is 1. The third-order valence-electron chi connectivity index (χ3n) is 3.24. The molecule has 0 spiro atoms. The van der Waals surface area contributed by atoms with Crippen LogP contribution in [-0.4, -0.2) is 38.7 Å². The van der Waals surface area contributed by atoms with Gasteiger partial charge in [-0.2, -0.15) is 4.98 Å². The van der Waals surface area contributed by atoms with Crippen molar-refractivity contribution in [3.8, 4) is 10.7 Å². The number of rotatable bonds is 4. The molecule has 2 aromatic heterocycles. The molecule has 0 amide bonds. The minimum atomic E-state index is -0.788. The number of hydrogen-bond donors (Lipinski definition) is 1. The second kappa shape index (κ2) is 5.63. The molecule has 0 aliphatic carbocycles. The molecule has 106 valence electrons. The number of carbonyl (C=O) groups is 1. The fourth-order valence-corrected chi connectivity index (χ4v) is 3.67. The maximum Gasteiger partial charge on any atom is 0.320 e. The van der Waals surface area contributed by atoms with Crippen LogP contribution in [0.15, 0.2) is 20.4 Å². The average molecular weight is 358 g/mol. The molecular formula is C12H12BrN3O3S. The molecule has 1 N–H and O–H groups in total. The highest BCUT2D eigenvalue weighted by Gasteiger charge is 2.31. The summed E-state index contributed by atoms with van der Waals surface area (Å²) < 4.78 is 6.19. The van der Waals surface area contributed by atoms with Crippen LogP contribution in [-0.2, 0) is 11.3 Å². The van der Waals surface area contributed by atoms with Crippen LogP contribution in [0.1, 0.15) is 18.7 Å². The predicted molar refractivity (Wildman–Crippen MR) is 76.4 cm³/mol. The number of halogens is 1. The molecule has 0 unspecified atom stereocenters. The van der Waals surface area contributed by atoms with Crippen molar-refractivity contribution in [3.63, 3.8) is 0 Å². The van der Waals surface area contributed by atoms with Crippen molar-refractivity contribution in [1.29, 1.82) is 0 Å². The summed E-state index contributed by atoms with van der Waals surface area (Å²) in [7, 11) is 0. The van der Waals surface area contributed by atoms with Gasteiger partial charge in [-0.3, -0.25) is 9.69 Å². The molecule has 1 saturated heterocycles. The molecule has 6 nitrogen and oxygen atoms in total. The van der Waals surface area contributed by atoms with E-state index in [0.29, 0.717) is 24.7 Å². The van der Waals surface area contributed by atoms with Gasteiger partial charge in [-0.15, -0.1) is 11.3 Å². The second-order valence-electron chi connectivity index (χ2n) is 4.61. The molecule has 1 aliphatic rings. The molecule has 20 heavy (non-hydrogen) atoms. The van der Waals surface area contributed by atoms with Gasteiger partial charge in [0.2, 0.25) is 11.7 Å². The van der Waals surface area contributed by atoms with E-state index in [4.69, 9.17) is 9.63 Å². The van der Waals surface area contributed by atoms with Crippen molar-refractivity contribution in [1.82, 2.24) is 15.0 Å². The zero-order valence-corrected chi connectivity index (χ0v) is 12.9. The summed E-state index contributed by atoms with van der Waals surface area (Å²) in [4.78, 5) is 18.2. The molecule has 2 aromatic rings. The first-order valence-corrected chi connectivity index (χ1v) is 7.84. The lowest BCUT2D eigenvalue weighted by molar-refractivity contribution is -0.142. The Morgan fingerprint density at radius 3 is 3.20 bits per heavy atom. The predicted octanol–water partition coefficient (Wildman–Crippen LogP) is 2.61. The minimum Gasteiger partial charge on any atom is -0.480 e. The number of carboxylic acids is 1. The molecular weight excluding hydrogens is 346 g/mol. The molecule has 8 heteroatoms. The van der Waals surface area contributed by atoms with Crippen LogP contribution in [0, 0.1) is 0 Å². The fourth-order valence-electron chi connectivity index (χ4n) is 2.32. The Morgan fingerprint density at radius 2 is 2.50 bits per heavy atom. The van der Waals surface area contributed by atoms with E-state index < -0.39 is 12.0 Å². The number of carboxylic acid groups (broad SMARTS) is 1. The van der Waals surface area contributed by atoms with E-state index in [2.05, 4.69) is 26.1 Å². The molecule has 1 atom stereocenters. The van der Waals surface area contributed by atoms with Gasteiger partial charge in [0, 0.05) is 9.85 Å². The van der Waals surface area contributed by atoms with Gasteiger partial charge < -0.3 is 9.63 Å². The summed E-state index contributed by atoms with van der Waals surface area (Å²) in [6, 6.07) is 1.48. The van der Waals surface area contributed by atoms with Crippen LogP contribution in [0.2, 0.25) is 0 Å². The fraction of sp³-hybridized carbons (Fsp3) is 0.417. The van der Waals surface area contributed by atoms with Crippen LogP contribution in [0.5, 0.6) is 0 Å². The molecule has 1 aliphatic heterocycles. The van der Waals surface area contributed by atoms with E-state index in [-0.39, 0.29) is 0 Å². The van der Waals surface area contributed by atoms with Crippen LogP contribution in [0.25, 0.3) is 10.7 Å². The highest BCUT2D eigenvalue weighted by molar-refractivity contribution is 9.10. The molecule has 1 fully saturated rings. The van der Waals surface area contributed by atoms with Crippen LogP contribution in [0.4, 0.5) is 0 Å². The van der Waals surface area contributed by atoms with Crippen molar-refractivity contribution in [3.05, 3.63) is 21.8 Å². The average Bonchev–Trinajstić information content (AvgIpc) is 3.09. The van der Waals surface area contributed by atoms with Crippen molar-refractivity contribution >= 4 is 33.2 Å². The first-order valence-electron chi connectivity index (χ1n) is 6.17. The summed E-state index contributed by atoms with van der Waals surface area (Å²) in [5.74, 6) is 0.212. The second-order valence-corrected chi connectivity index (χ2v) is 6.43. The third kappa shape index (κ3) is 2.77. The number of hydrogen-bond acceptors (Lipinski definition) is 6. The maximum absolute atomic E-state index is 11.1. The highest BCUT2D eigenvalue weighted by Crippen LogP contribution is 2.28. The highest BCUT2D eigenvalue weighted by atomic mass is 79.9. The lowest BCUT2D eigenvalue weighted by Crippen LogP contribution is -2.35. The number of thiophene rings is 1. The van der Waals surface area contributed by atoms with E-state index in [0.717, 1.165) is 22.3 Å². The van der Waals surface area contributed by atoms with Crippen LogP contribution >= 0.6 is 27.3 Å². The summed E-state index contributed by atoms with van der Waals surface area (Å²) in [6.45, 7) is 1.13. The Balaban J connectivity index is 1.73. The van der Waals surface area contributed by atoms with E-state index in [1.54, 1.807) is 0 Å². The van der Waals surface area contributed by atoms with Gasteiger partial charge in [-0.25, -0.2) is 0 Å². The zero-order valence-electron chi connectivity index (χ0n) is 10.5. The van der Waals surface area contributed by atoms with E-state index in [1.807, 2.05) is 16.3 Å². The van der Waals surface area contributed by atoms with Gasteiger partial charge in [0.25, 0.3) is 0 Å². The first kappa shape index (κ1) is 13.7. The SMILES string of the molecule is O=C(O)[C@@H]1CCCN1Cc1nc(-c2cc(Br)cs2)no1. The summed E-state index contributed by atoms with van der Waals surface area (Å²) in [5.41, 5.74) is 0. The number of likely N-dealkylation sites (tertiary alicyclic amines) is 1. The Labute approximate surface area is 127 Å². The van der Waals surface area contributed by atoms with E-state index >= 15 is 0 Å². The number of aromatic nitrogens is 2. The van der Waals surface area contributed by atoms with Gasteiger partial charge in [-0.05, 0) is 41.4 Å². The third-order valence-corrected chi connectivity index (χ3v) is 4.93. The van der Waals surface area contributed by atoms with Gasteiger partial charge in [0.1, 0.15) is 6.04 Å². The van der Waals surface area contributed by atoms with Gasteiger partial charge >= 0.3 is 5.97 Å². The van der Waals surface area contributed by atoms with Crippen molar-refractivity contribution in [2.45, 2.75) is 25.4 Å². The summed E-state index contributed by atoms with van der Waals surface area (Å²) in [5, 5.41) is 15.0. The van der Waals surface area contributed by atoms with E-state index in [9.17, 15) is 4.79 Å². The van der Waals surface area contributed by atoms with Crippen LogP contribution < -0.4 is 0 Å². The molecule has 3 heterocycles. The smallest absolute Gasteiger partial charge is 0.320 e. The zero-order chi connectivity index (χ0) is 14.1.